The SMILES string of the molecule is CCCCCC(CC)C(CS)C(=O)[O-].CCCCCC(CC)C(CS)C(=O)[O-].CCC[CH2][Sn+2][CH2]CCC. The van der Waals surface area contributed by atoms with Gasteiger partial charge in [-0.25, -0.2) is 0 Å². The fourth-order valence-corrected chi connectivity index (χ4v) is 9.31. The zero-order valence-electron chi connectivity index (χ0n) is 25.1. The van der Waals surface area contributed by atoms with Crippen LogP contribution >= 0.6 is 25.3 Å². The maximum absolute atomic E-state index is 10.8. The minimum absolute atomic E-state index is 0.149. The van der Waals surface area contributed by atoms with Gasteiger partial charge in [0.2, 0.25) is 0 Å². The van der Waals surface area contributed by atoms with Gasteiger partial charge in [-0.3, -0.25) is 0 Å². The molecule has 220 valence electrons. The Morgan fingerprint density at radius 2 is 0.919 bits per heavy atom. The standard InChI is InChI=1S/2C11H22O2S.2C4H9.Sn/c2*1-3-5-6-7-9(4-2)10(8-14)11(12)13;2*1-3-4-2;/h2*9-10,14H,3-8H2,1-2H3,(H,12,13);2*1,3-4H2,2H3;/q;;;;+2/p-2. The van der Waals surface area contributed by atoms with E-state index in [-0.39, 0.29) is 44.8 Å². The molecule has 0 fully saturated rings. The molecule has 0 radical (unpaired) electrons. The van der Waals surface area contributed by atoms with Crippen molar-refractivity contribution in [3.63, 3.8) is 0 Å². The summed E-state index contributed by atoms with van der Waals surface area (Å²) in [4.78, 5) is 21.6. The number of carbonyl (C=O) groups is 2. The maximum atomic E-state index is 10.8. The number of hydrogen-bond acceptors (Lipinski definition) is 6. The molecular weight excluding hydrogens is 607 g/mol. The molecule has 0 saturated carbocycles. The second-order valence-electron chi connectivity index (χ2n) is 10.0. The number of carboxylic acids is 2. The average molecular weight is 668 g/mol. The Bertz CT molecular complexity index is 452. The van der Waals surface area contributed by atoms with Crippen molar-refractivity contribution in [2.24, 2.45) is 23.7 Å². The molecule has 0 heterocycles. The van der Waals surface area contributed by atoms with Gasteiger partial charge < -0.3 is 19.8 Å². The molecule has 0 amide bonds. The number of carbonyl (C=O) groups excluding carboxylic acids is 2. The molecule has 0 aliphatic heterocycles. The fourth-order valence-electron chi connectivity index (χ4n) is 4.25. The number of aliphatic carboxylic acids is 2. The van der Waals surface area contributed by atoms with E-state index in [1.165, 1.54) is 51.4 Å². The first kappa shape index (κ1) is 41.9. The van der Waals surface area contributed by atoms with Crippen LogP contribution in [0.3, 0.4) is 0 Å². The van der Waals surface area contributed by atoms with Crippen LogP contribution < -0.4 is 10.2 Å². The summed E-state index contributed by atoms with van der Waals surface area (Å²) in [6.45, 7) is 13.0. The van der Waals surface area contributed by atoms with E-state index < -0.39 is 11.9 Å². The Hall–Kier alpha value is 0.439. The average Bonchev–Trinajstić information content (AvgIpc) is 2.88. The van der Waals surface area contributed by atoms with Crippen molar-refractivity contribution in [2.45, 2.75) is 140 Å². The predicted molar refractivity (Wildman–Crippen MR) is 166 cm³/mol. The third kappa shape index (κ3) is 26.4. The first-order valence-electron chi connectivity index (χ1n) is 15.1. The van der Waals surface area contributed by atoms with Crippen LogP contribution in [0.5, 0.6) is 0 Å². The molecule has 0 rings (SSSR count). The van der Waals surface area contributed by atoms with E-state index in [4.69, 9.17) is 0 Å². The van der Waals surface area contributed by atoms with Gasteiger partial charge in [0, 0.05) is 23.8 Å². The van der Waals surface area contributed by atoms with Crippen LogP contribution in [0.4, 0.5) is 0 Å². The van der Waals surface area contributed by atoms with E-state index in [0.29, 0.717) is 11.5 Å². The van der Waals surface area contributed by atoms with Crippen LogP contribution in [0.25, 0.3) is 0 Å². The molecule has 37 heavy (non-hydrogen) atoms. The molecule has 0 aliphatic carbocycles. The molecule has 4 atom stereocenters. The topological polar surface area (TPSA) is 80.3 Å². The Balaban J connectivity index is -0.000000481. The van der Waals surface area contributed by atoms with Gasteiger partial charge >= 0.3 is 69.5 Å². The first-order chi connectivity index (χ1) is 17.7. The summed E-state index contributed by atoms with van der Waals surface area (Å²) in [5.74, 6) is -1.36. The molecule has 0 aromatic rings. The second kappa shape index (κ2) is 32.6. The van der Waals surface area contributed by atoms with Crippen LogP contribution in [-0.4, -0.2) is 44.6 Å². The van der Waals surface area contributed by atoms with Crippen LogP contribution in [0.1, 0.15) is 131 Å². The second-order valence-corrected chi connectivity index (χ2v) is 15.0. The summed E-state index contributed by atoms with van der Waals surface area (Å²) >= 11 is 8.29. The van der Waals surface area contributed by atoms with E-state index in [0.717, 1.165) is 38.5 Å². The quantitative estimate of drug-likeness (QED) is 0.0748. The van der Waals surface area contributed by atoms with E-state index in [1.807, 2.05) is 13.8 Å². The van der Waals surface area contributed by atoms with Gasteiger partial charge in [0.1, 0.15) is 0 Å². The third-order valence-corrected chi connectivity index (χ3v) is 11.8. The van der Waals surface area contributed by atoms with E-state index in [1.54, 1.807) is 8.87 Å². The Morgan fingerprint density at radius 1 is 0.595 bits per heavy atom. The van der Waals surface area contributed by atoms with Crippen LogP contribution in [-0.2, 0) is 9.59 Å². The summed E-state index contributed by atoms with van der Waals surface area (Å²) < 4.78 is 3.25. The monoisotopic (exact) mass is 668 g/mol. The molecule has 0 aromatic heterocycles. The zero-order chi connectivity index (χ0) is 28.9. The Labute approximate surface area is 252 Å². The molecule has 0 bridgehead atoms. The molecule has 4 unspecified atom stereocenters. The van der Waals surface area contributed by atoms with Gasteiger partial charge in [0.15, 0.2) is 0 Å². The van der Waals surface area contributed by atoms with Crippen molar-refractivity contribution in [1.82, 2.24) is 0 Å². The van der Waals surface area contributed by atoms with Crippen molar-refractivity contribution < 1.29 is 19.8 Å². The first-order valence-corrected chi connectivity index (χ1v) is 20.4. The van der Waals surface area contributed by atoms with Crippen molar-refractivity contribution >= 4 is 58.3 Å². The van der Waals surface area contributed by atoms with Crippen LogP contribution in [0.2, 0.25) is 8.87 Å². The van der Waals surface area contributed by atoms with Gasteiger partial charge in [0.05, 0.1) is 0 Å². The number of unbranched alkanes of at least 4 members (excludes halogenated alkanes) is 6. The van der Waals surface area contributed by atoms with E-state index in [2.05, 4.69) is 53.0 Å². The molecule has 0 aromatic carbocycles. The summed E-state index contributed by atoms with van der Waals surface area (Å²) in [5.41, 5.74) is 0. The van der Waals surface area contributed by atoms with E-state index >= 15 is 0 Å². The van der Waals surface area contributed by atoms with Crippen LogP contribution in [0.15, 0.2) is 0 Å². The zero-order valence-corrected chi connectivity index (χ0v) is 29.7. The van der Waals surface area contributed by atoms with Crippen molar-refractivity contribution in [1.29, 1.82) is 0 Å². The van der Waals surface area contributed by atoms with E-state index in [9.17, 15) is 19.8 Å². The van der Waals surface area contributed by atoms with Gasteiger partial charge in [-0.1, -0.05) is 79.1 Å². The number of rotatable bonds is 22. The Morgan fingerprint density at radius 3 is 1.14 bits per heavy atom. The normalized spacial score (nSPS) is 13.6. The Kier molecular flexibility index (Phi) is 37.0. The summed E-state index contributed by atoms with van der Waals surface area (Å²) in [6.07, 6.45) is 16.6. The number of carboxylic acid groups (broad SMARTS) is 2. The van der Waals surface area contributed by atoms with Gasteiger partial charge in [-0.2, -0.15) is 25.3 Å². The molecule has 0 N–H and O–H groups in total. The van der Waals surface area contributed by atoms with Crippen LogP contribution in [0, 0.1) is 23.7 Å². The van der Waals surface area contributed by atoms with Gasteiger partial charge in [-0.15, -0.1) is 0 Å². The summed E-state index contributed by atoms with van der Waals surface area (Å²) in [7, 11) is 0. The van der Waals surface area contributed by atoms with Crippen molar-refractivity contribution in [3.8, 4) is 0 Å². The summed E-state index contributed by atoms with van der Waals surface area (Å²) in [6, 6.07) is 0. The van der Waals surface area contributed by atoms with Crippen molar-refractivity contribution in [2.75, 3.05) is 11.5 Å². The third-order valence-electron chi connectivity index (χ3n) is 6.96. The van der Waals surface area contributed by atoms with Crippen molar-refractivity contribution in [3.05, 3.63) is 0 Å². The molecular formula is C30H60O4S2Sn. The molecule has 4 nitrogen and oxygen atoms in total. The summed E-state index contributed by atoms with van der Waals surface area (Å²) in [5, 5.41) is 21.6. The number of thiol groups is 2. The molecule has 0 spiro atoms. The predicted octanol–water partition coefficient (Wildman–Crippen LogP) is 6.91. The minimum atomic E-state index is -0.941. The molecule has 7 heteroatoms. The fraction of sp³-hybridized carbons (Fsp3) is 0.933. The number of hydrogen-bond donors (Lipinski definition) is 2. The molecule has 0 saturated heterocycles. The molecule has 0 aliphatic rings. The van der Waals surface area contributed by atoms with Gasteiger partial charge in [-0.05, 0) is 36.2 Å². The van der Waals surface area contributed by atoms with Gasteiger partial charge in [0.25, 0.3) is 0 Å².